The van der Waals surface area contributed by atoms with E-state index in [4.69, 9.17) is 11.6 Å². The van der Waals surface area contributed by atoms with Crippen LogP contribution < -0.4 is 0 Å². The first-order valence-electron chi connectivity index (χ1n) is 5.04. The third-order valence-electron chi connectivity index (χ3n) is 2.81. The number of pyridine rings is 1. The number of halogens is 2. The van der Waals surface area contributed by atoms with Crippen LogP contribution in [0.2, 0.25) is 5.02 Å². The summed E-state index contributed by atoms with van der Waals surface area (Å²) in [5.74, 6) is 0.331. The lowest BCUT2D eigenvalue weighted by atomic mass is 9.97. The molecule has 4 heteroatoms. The highest BCUT2D eigenvalue weighted by molar-refractivity contribution is 9.10. The van der Waals surface area contributed by atoms with Gasteiger partial charge in [0.15, 0.2) is 5.78 Å². The minimum Gasteiger partial charge on any atom is -0.294 e. The summed E-state index contributed by atoms with van der Waals surface area (Å²) < 4.78 is 0.660. The summed E-state index contributed by atoms with van der Waals surface area (Å²) in [6, 6.07) is 1.71. The van der Waals surface area contributed by atoms with Gasteiger partial charge in [-0.3, -0.25) is 4.79 Å². The van der Waals surface area contributed by atoms with Crippen LogP contribution in [0.15, 0.2) is 16.9 Å². The number of ketones is 1. The minimum atomic E-state index is 0.164. The summed E-state index contributed by atoms with van der Waals surface area (Å²) in [7, 11) is 0. The molecule has 0 spiro atoms. The van der Waals surface area contributed by atoms with Crippen molar-refractivity contribution in [2.75, 3.05) is 0 Å². The Bertz CT molecular complexity index is 388. The lowest BCUT2D eigenvalue weighted by molar-refractivity contribution is 0.0923. The molecule has 1 saturated carbocycles. The van der Waals surface area contributed by atoms with E-state index in [0.717, 1.165) is 25.7 Å². The predicted molar refractivity (Wildman–Crippen MR) is 63.2 cm³/mol. The van der Waals surface area contributed by atoms with Gasteiger partial charge in [0.2, 0.25) is 0 Å². The molecule has 0 amide bonds. The molecule has 0 aliphatic heterocycles. The van der Waals surface area contributed by atoms with Gasteiger partial charge < -0.3 is 0 Å². The second-order valence-electron chi connectivity index (χ2n) is 3.83. The Morgan fingerprint density at radius 1 is 1.47 bits per heavy atom. The van der Waals surface area contributed by atoms with Crippen LogP contribution in [-0.4, -0.2) is 10.8 Å². The number of Topliss-reactive ketones (excluding diaryl/α,β-unsaturated/α-hetero) is 1. The second-order valence-corrected chi connectivity index (χ2v) is 5.05. The highest BCUT2D eigenvalue weighted by Gasteiger charge is 2.25. The van der Waals surface area contributed by atoms with Gasteiger partial charge in [0, 0.05) is 17.7 Å². The fourth-order valence-electron chi connectivity index (χ4n) is 2.01. The molecule has 80 valence electrons. The molecule has 1 aliphatic rings. The fraction of sp³-hybridized carbons (Fsp3) is 0.455. The van der Waals surface area contributed by atoms with Gasteiger partial charge >= 0.3 is 0 Å². The van der Waals surface area contributed by atoms with Crippen molar-refractivity contribution < 1.29 is 4.79 Å². The molecule has 1 heterocycles. The van der Waals surface area contributed by atoms with Crippen LogP contribution in [-0.2, 0) is 0 Å². The summed E-state index contributed by atoms with van der Waals surface area (Å²) in [5, 5.41) is 0.454. The van der Waals surface area contributed by atoms with E-state index >= 15 is 0 Å². The maximum Gasteiger partial charge on any atom is 0.167 e. The topological polar surface area (TPSA) is 30.0 Å². The summed E-state index contributed by atoms with van der Waals surface area (Å²) >= 11 is 9.22. The molecule has 1 aliphatic carbocycles. The molecule has 1 aromatic rings. The number of aromatic nitrogens is 1. The van der Waals surface area contributed by atoms with Crippen LogP contribution >= 0.6 is 27.5 Å². The van der Waals surface area contributed by atoms with Crippen LogP contribution in [0.4, 0.5) is 0 Å². The molecule has 2 rings (SSSR count). The largest absolute Gasteiger partial charge is 0.294 e. The zero-order valence-electron chi connectivity index (χ0n) is 8.17. The molecule has 0 bridgehead atoms. The van der Waals surface area contributed by atoms with Crippen LogP contribution in [0.3, 0.4) is 0 Å². The van der Waals surface area contributed by atoms with Crippen molar-refractivity contribution >= 4 is 33.3 Å². The molecule has 0 saturated heterocycles. The van der Waals surface area contributed by atoms with Crippen LogP contribution in [0, 0.1) is 5.92 Å². The number of carbonyl (C=O) groups excluding carboxylic acids is 1. The smallest absolute Gasteiger partial charge is 0.167 e. The summed E-state index contributed by atoms with van der Waals surface area (Å²) in [4.78, 5) is 16.1. The number of nitrogens with zero attached hydrogens (tertiary/aromatic N) is 1. The minimum absolute atomic E-state index is 0.164. The van der Waals surface area contributed by atoms with E-state index in [1.165, 1.54) is 6.20 Å². The Kier molecular flexibility index (Phi) is 3.42. The Morgan fingerprint density at radius 2 is 2.13 bits per heavy atom. The number of hydrogen-bond acceptors (Lipinski definition) is 2. The zero-order chi connectivity index (χ0) is 10.8. The molecular formula is C11H11BrClNO. The monoisotopic (exact) mass is 287 g/mol. The van der Waals surface area contributed by atoms with Crippen molar-refractivity contribution in [3.05, 3.63) is 27.5 Å². The lowest BCUT2D eigenvalue weighted by Crippen LogP contribution is -2.11. The second kappa shape index (κ2) is 4.62. The van der Waals surface area contributed by atoms with E-state index in [2.05, 4.69) is 20.9 Å². The summed E-state index contributed by atoms with van der Waals surface area (Å²) in [6.07, 6.45) is 5.82. The third-order valence-corrected chi connectivity index (χ3v) is 3.55. The summed E-state index contributed by atoms with van der Waals surface area (Å²) in [6.45, 7) is 0. The van der Waals surface area contributed by atoms with E-state index < -0.39 is 0 Å². The molecule has 0 radical (unpaired) electrons. The molecule has 2 nitrogen and oxygen atoms in total. The van der Waals surface area contributed by atoms with E-state index in [0.29, 0.717) is 15.2 Å². The first kappa shape index (κ1) is 11.1. The van der Waals surface area contributed by atoms with Crippen molar-refractivity contribution in [1.29, 1.82) is 0 Å². The Balaban J connectivity index is 2.27. The molecule has 15 heavy (non-hydrogen) atoms. The van der Waals surface area contributed by atoms with Gasteiger partial charge in [-0.2, -0.15) is 0 Å². The standard InChI is InChI=1S/C11H11BrClNO/c12-10-5-8(9(13)6-14-10)11(15)7-3-1-2-4-7/h5-7H,1-4H2. The Hall–Kier alpha value is -0.410. The first-order chi connectivity index (χ1) is 7.18. The molecular weight excluding hydrogens is 277 g/mol. The number of rotatable bonds is 2. The van der Waals surface area contributed by atoms with Gasteiger partial charge in [-0.15, -0.1) is 0 Å². The van der Waals surface area contributed by atoms with Gasteiger partial charge in [0.1, 0.15) is 4.60 Å². The molecule has 1 fully saturated rings. The van der Waals surface area contributed by atoms with E-state index in [1.807, 2.05) is 0 Å². The highest BCUT2D eigenvalue weighted by atomic mass is 79.9. The number of hydrogen-bond donors (Lipinski definition) is 0. The van der Waals surface area contributed by atoms with Gasteiger partial charge in [0.05, 0.1) is 5.02 Å². The average Bonchev–Trinajstić information content (AvgIpc) is 2.74. The SMILES string of the molecule is O=C(c1cc(Br)ncc1Cl)C1CCCC1. The van der Waals surface area contributed by atoms with Crippen LogP contribution in [0.5, 0.6) is 0 Å². The van der Waals surface area contributed by atoms with Crippen molar-refractivity contribution in [2.45, 2.75) is 25.7 Å². The highest BCUT2D eigenvalue weighted by Crippen LogP contribution is 2.30. The predicted octanol–water partition coefficient (Wildman–Crippen LogP) is 3.87. The van der Waals surface area contributed by atoms with Crippen molar-refractivity contribution in [2.24, 2.45) is 5.92 Å². The zero-order valence-corrected chi connectivity index (χ0v) is 10.5. The Labute approximate surface area is 102 Å². The number of carbonyl (C=O) groups is 1. The molecule has 1 aromatic heterocycles. The van der Waals surface area contributed by atoms with Crippen molar-refractivity contribution in [1.82, 2.24) is 4.98 Å². The molecule has 0 atom stereocenters. The first-order valence-corrected chi connectivity index (χ1v) is 6.21. The van der Waals surface area contributed by atoms with E-state index in [-0.39, 0.29) is 11.7 Å². The summed E-state index contributed by atoms with van der Waals surface area (Å²) in [5.41, 5.74) is 0.602. The van der Waals surface area contributed by atoms with Gasteiger partial charge in [0.25, 0.3) is 0 Å². The fourth-order valence-corrected chi connectivity index (χ4v) is 2.54. The Morgan fingerprint density at radius 3 is 2.80 bits per heavy atom. The maximum absolute atomic E-state index is 12.1. The normalized spacial score (nSPS) is 16.9. The molecule has 0 aromatic carbocycles. The van der Waals surface area contributed by atoms with E-state index in [1.54, 1.807) is 6.07 Å². The van der Waals surface area contributed by atoms with Gasteiger partial charge in [-0.1, -0.05) is 24.4 Å². The maximum atomic E-state index is 12.1. The average molecular weight is 289 g/mol. The van der Waals surface area contributed by atoms with Crippen LogP contribution in [0.25, 0.3) is 0 Å². The quantitative estimate of drug-likeness (QED) is 0.611. The molecule has 0 N–H and O–H groups in total. The van der Waals surface area contributed by atoms with Gasteiger partial charge in [-0.05, 0) is 34.8 Å². The van der Waals surface area contributed by atoms with E-state index in [9.17, 15) is 4.79 Å². The molecule has 0 unspecified atom stereocenters. The lowest BCUT2D eigenvalue weighted by Gasteiger charge is -2.09. The third kappa shape index (κ3) is 2.40. The van der Waals surface area contributed by atoms with Crippen LogP contribution in [0.1, 0.15) is 36.0 Å². The van der Waals surface area contributed by atoms with Crippen molar-refractivity contribution in [3.8, 4) is 0 Å². The van der Waals surface area contributed by atoms with Crippen molar-refractivity contribution in [3.63, 3.8) is 0 Å². The van der Waals surface area contributed by atoms with Gasteiger partial charge in [-0.25, -0.2) is 4.98 Å².